The summed E-state index contributed by atoms with van der Waals surface area (Å²) in [4.78, 5) is 24.0. The molecular weight excluding hydrogens is 260 g/mol. The van der Waals surface area contributed by atoms with Crippen molar-refractivity contribution < 1.29 is 24.2 Å². The first-order chi connectivity index (χ1) is 9.59. The molecule has 102 valence electrons. The molecule has 1 aliphatic heterocycles. The third kappa shape index (κ3) is 1.53. The second-order valence-electron chi connectivity index (χ2n) is 4.48. The maximum absolute atomic E-state index is 12.0. The zero-order valence-corrected chi connectivity index (χ0v) is 10.8. The van der Waals surface area contributed by atoms with Crippen molar-refractivity contribution in [2.45, 2.75) is 12.5 Å². The Hall–Kier alpha value is -2.40. The quantitative estimate of drug-likeness (QED) is 0.509. The maximum Gasteiger partial charge on any atom is 0.360 e. The maximum atomic E-state index is 12.0. The van der Waals surface area contributed by atoms with Crippen molar-refractivity contribution in [1.29, 1.82) is 0 Å². The van der Waals surface area contributed by atoms with Gasteiger partial charge in [0.15, 0.2) is 0 Å². The van der Waals surface area contributed by atoms with Gasteiger partial charge in [-0.3, -0.25) is 0 Å². The number of esters is 2. The van der Waals surface area contributed by atoms with Crippen LogP contribution in [-0.4, -0.2) is 23.7 Å². The van der Waals surface area contributed by atoms with Crippen LogP contribution in [0.2, 0.25) is 0 Å². The molecule has 0 saturated carbocycles. The molecule has 0 aliphatic carbocycles. The Bertz CT molecular complexity index is 721. The highest BCUT2D eigenvalue weighted by Gasteiger charge is 2.56. The predicted molar refractivity (Wildman–Crippen MR) is 70.1 cm³/mol. The van der Waals surface area contributed by atoms with Crippen molar-refractivity contribution in [1.82, 2.24) is 0 Å². The summed E-state index contributed by atoms with van der Waals surface area (Å²) in [6.07, 6.45) is 0. The third-order valence-corrected chi connectivity index (χ3v) is 3.32. The summed E-state index contributed by atoms with van der Waals surface area (Å²) in [6, 6.07) is 10.5. The van der Waals surface area contributed by atoms with Crippen LogP contribution in [-0.2, 0) is 19.9 Å². The average molecular weight is 272 g/mol. The van der Waals surface area contributed by atoms with E-state index in [4.69, 9.17) is 9.47 Å². The molecule has 1 heterocycles. The van der Waals surface area contributed by atoms with Gasteiger partial charge in [-0.15, -0.1) is 0 Å². The first-order valence-corrected chi connectivity index (χ1v) is 6.23. The predicted octanol–water partition coefficient (Wildman–Crippen LogP) is 1.51. The van der Waals surface area contributed by atoms with Gasteiger partial charge in [0.2, 0.25) is 0 Å². The summed E-state index contributed by atoms with van der Waals surface area (Å²) in [5, 5.41) is 11.9. The second-order valence-corrected chi connectivity index (χ2v) is 4.48. The Morgan fingerprint density at radius 3 is 2.80 bits per heavy atom. The Labute approximate surface area is 114 Å². The van der Waals surface area contributed by atoms with Crippen molar-refractivity contribution in [2.24, 2.45) is 0 Å². The molecule has 2 aromatic carbocycles. The molecule has 0 fully saturated rings. The van der Waals surface area contributed by atoms with Crippen LogP contribution >= 0.6 is 0 Å². The monoisotopic (exact) mass is 272 g/mol. The van der Waals surface area contributed by atoms with E-state index in [2.05, 4.69) is 0 Å². The molecule has 0 radical (unpaired) electrons. The molecule has 0 saturated heterocycles. The zero-order valence-electron chi connectivity index (χ0n) is 10.8. The van der Waals surface area contributed by atoms with E-state index in [0.29, 0.717) is 5.39 Å². The Kier molecular flexibility index (Phi) is 2.72. The molecule has 0 spiro atoms. The van der Waals surface area contributed by atoms with Gasteiger partial charge in [0.1, 0.15) is 5.75 Å². The summed E-state index contributed by atoms with van der Waals surface area (Å²) < 4.78 is 9.82. The van der Waals surface area contributed by atoms with Crippen molar-refractivity contribution in [3.8, 4) is 5.75 Å². The SMILES string of the molecule is CCOC(=O)C1(O)C(=O)Oc2ccc3ccccc3c21. The molecule has 20 heavy (non-hydrogen) atoms. The summed E-state index contributed by atoms with van der Waals surface area (Å²) >= 11 is 0. The van der Waals surface area contributed by atoms with E-state index in [1.165, 1.54) is 0 Å². The molecule has 1 N–H and O–H groups in total. The van der Waals surface area contributed by atoms with E-state index in [1.807, 2.05) is 12.1 Å². The number of benzene rings is 2. The molecule has 0 aromatic heterocycles. The van der Waals surface area contributed by atoms with Gasteiger partial charge in [-0.2, -0.15) is 0 Å². The fourth-order valence-corrected chi connectivity index (χ4v) is 2.41. The number of hydrogen-bond donors (Lipinski definition) is 1. The van der Waals surface area contributed by atoms with Gasteiger partial charge in [0, 0.05) is 0 Å². The number of rotatable bonds is 2. The van der Waals surface area contributed by atoms with Crippen molar-refractivity contribution in [3.63, 3.8) is 0 Å². The van der Waals surface area contributed by atoms with Gasteiger partial charge < -0.3 is 14.6 Å². The minimum atomic E-state index is -2.40. The van der Waals surface area contributed by atoms with Crippen LogP contribution in [0.4, 0.5) is 0 Å². The first-order valence-electron chi connectivity index (χ1n) is 6.23. The van der Waals surface area contributed by atoms with Gasteiger partial charge in [-0.05, 0) is 23.8 Å². The molecule has 1 unspecified atom stereocenters. The lowest BCUT2D eigenvalue weighted by molar-refractivity contribution is -0.175. The molecule has 5 nitrogen and oxygen atoms in total. The van der Waals surface area contributed by atoms with Crippen molar-refractivity contribution >= 4 is 22.7 Å². The molecule has 2 aromatic rings. The van der Waals surface area contributed by atoms with Gasteiger partial charge in [-0.25, -0.2) is 9.59 Å². The first kappa shape index (κ1) is 12.6. The molecule has 1 aliphatic rings. The summed E-state index contributed by atoms with van der Waals surface area (Å²) in [5.74, 6) is -1.85. The minimum absolute atomic E-state index is 0.0640. The normalized spacial score (nSPS) is 20.6. The number of fused-ring (bicyclic) bond motifs is 3. The zero-order chi connectivity index (χ0) is 14.3. The highest BCUT2D eigenvalue weighted by atomic mass is 16.6. The number of hydrogen-bond acceptors (Lipinski definition) is 5. The van der Waals surface area contributed by atoms with Crippen LogP contribution in [0, 0.1) is 0 Å². The average Bonchev–Trinajstić information content (AvgIpc) is 2.72. The minimum Gasteiger partial charge on any atom is -0.463 e. The van der Waals surface area contributed by atoms with Crippen molar-refractivity contribution in [3.05, 3.63) is 42.0 Å². The number of carbonyl (C=O) groups excluding carboxylic acids is 2. The van der Waals surface area contributed by atoms with Crippen molar-refractivity contribution in [2.75, 3.05) is 6.61 Å². The van der Waals surface area contributed by atoms with E-state index in [0.717, 1.165) is 5.39 Å². The second kappa shape index (κ2) is 4.31. The number of carbonyl (C=O) groups is 2. The summed E-state index contributed by atoms with van der Waals surface area (Å²) in [5.41, 5.74) is -2.24. The highest BCUT2D eigenvalue weighted by molar-refractivity contribution is 6.12. The van der Waals surface area contributed by atoms with Crippen LogP contribution < -0.4 is 4.74 Å². The highest BCUT2D eigenvalue weighted by Crippen LogP contribution is 2.43. The van der Waals surface area contributed by atoms with E-state index in [1.54, 1.807) is 31.2 Å². The van der Waals surface area contributed by atoms with Gasteiger partial charge >= 0.3 is 11.9 Å². The Morgan fingerprint density at radius 2 is 2.05 bits per heavy atom. The van der Waals surface area contributed by atoms with E-state index in [-0.39, 0.29) is 17.9 Å². The molecule has 0 bridgehead atoms. The van der Waals surface area contributed by atoms with Gasteiger partial charge in [0.05, 0.1) is 12.2 Å². The van der Waals surface area contributed by atoms with Crippen LogP contribution in [0.3, 0.4) is 0 Å². The number of aliphatic hydroxyl groups is 1. The lowest BCUT2D eigenvalue weighted by atomic mass is 9.90. The summed E-state index contributed by atoms with van der Waals surface area (Å²) in [6.45, 7) is 1.67. The topological polar surface area (TPSA) is 72.8 Å². The van der Waals surface area contributed by atoms with E-state index >= 15 is 0 Å². The Balaban J connectivity index is 2.30. The van der Waals surface area contributed by atoms with Gasteiger partial charge in [0.25, 0.3) is 5.60 Å². The molecule has 3 rings (SSSR count). The standard InChI is InChI=1S/C15H12O5/c1-2-19-13(16)15(18)12-10-6-4-3-5-9(10)7-8-11(12)20-14(15)17/h3-8,18H,2H2,1H3. The molecule has 0 amide bonds. The van der Waals surface area contributed by atoms with E-state index < -0.39 is 17.5 Å². The van der Waals surface area contributed by atoms with Crippen LogP contribution in [0.25, 0.3) is 10.8 Å². The lowest BCUT2D eigenvalue weighted by Crippen LogP contribution is -2.43. The van der Waals surface area contributed by atoms with Gasteiger partial charge in [-0.1, -0.05) is 30.3 Å². The molecule has 1 atom stereocenters. The summed E-state index contributed by atoms with van der Waals surface area (Å²) in [7, 11) is 0. The van der Waals surface area contributed by atoms with Crippen LogP contribution in [0.1, 0.15) is 12.5 Å². The van der Waals surface area contributed by atoms with E-state index in [9.17, 15) is 14.7 Å². The Morgan fingerprint density at radius 1 is 1.30 bits per heavy atom. The number of ether oxygens (including phenoxy) is 2. The fourth-order valence-electron chi connectivity index (χ4n) is 2.41. The molecular formula is C15H12O5. The van der Waals surface area contributed by atoms with Crippen LogP contribution in [0.15, 0.2) is 36.4 Å². The third-order valence-electron chi connectivity index (χ3n) is 3.32. The fraction of sp³-hybridized carbons (Fsp3) is 0.200. The molecule has 5 heteroatoms. The van der Waals surface area contributed by atoms with Crippen LogP contribution in [0.5, 0.6) is 5.75 Å². The lowest BCUT2D eigenvalue weighted by Gasteiger charge is -2.18. The largest absolute Gasteiger partial charge is 0.463 e. The smallest absolute Gasteiger partial charge is 0.360 e.